The van der Waals surface area contributed by atoms with Crippen molar-refractivity contribution in [1.82, 2.24) is 10.2 Å². The number of nitrogens with one attached hydrogen (secondary N) is 1. The highest BCUT2D eigenvalue weighted by Gasteiger charge is 2.33. The number of hydrogen-bond acceptors (Lipinski definition) is 4. The summed E-state index contributed by atoms with van der Waals surface area (Å²) in [4.78, 5) is 27.7. The maximum atomic E-state index is 14.3. The molecule has 1 aromatic carbocycles. The molecule has 0 saturated carbocycles. The van der Waals surface area contributed by atoms with E-state index in [1.807, 2.05) is 16.7 Å². The first-order chi connectivity index (χ1) is 11.5. The summed E-state index contributed by atoms with van der Waals surface area (Å²) < 4.78 is 14.3. The van der Waals surface area contributed by atoms with Gasteiger partial charge in [0.1, 0.15) is 5.82 Å². The standard InChI is InChI=1S/C18H24FN3O2.2ClH/c1-12(15-10-20-11-15)18(24)22-7-5-21(6-8-22)17-4-3-14(13(2)23)9-16(17)19;;/h3-4,9,12,15,20H,5-8,10-11H2,1-2H3;2*1H. The zero-order valence-corrected chi connectivity index (χ0v) is 16.7. The molecule has 1 amide bonds. The Labute approximate surface area is 166 Å². The molecule has 1 unspecified atom stereocenters. The Balaban J connectivity index is 0.00000169. The fourth-order valence-electron chi connectivity index (χ4n) is 3.30. The highest BCUT2D eigenvalue weighted by molar-refractivity contribution is 5.94. The second-order valence-corrected chi connectivity index (χ2v) is 6.74. The molecule has 1 aromatic rings. The summed E-state index contributed by atoms with van der Waals surface area (Å²) in [6, 6.07) is 4.61. The Morgan fingerprint density at radius 2 is 1.77 bits per heavy atom. The van der Waals surface area contributed by atoms with Crippen molar-refractivity contribution in [3.63, 3.8) is 0 Å². The van der Waals surface area contributed by atoms with E-state index in [-0.39, 0.29) is 48.2 Å². The SMILES string of the molecule is CC(=O)c1ccc(N2CCN(C(=O)C(C)C3CNC3)CC2)c(F)c1.Cl.Cl. The number of anilines is 1. The number of carbonyl (C=O) groups is 2. The van der Waals surface area contributed by atoms with Gasteiger partial charge in [0, 0.05) is 37.7 Å². The number of benzene rings is 1. The summed E-state index contributed by atoms with van der Waals surface area (Å²) in [7, 11) is 0. The van der Waals surface area contributed by atoms with Crippen LogP contribution in [0.2, 0.25) is 0 Å². The van der Waals surface area contributed by atoms with E-state index in [1.165, 1.54) is 13.0 Å². The Kier molecular flexibility index (Phi) is 8.31. The molecule has 0 aromatic heterocycles. The lowest BCUT2D eigenvalue weighted by Crippen LogP contribution is -2.54. The predicted molar refractivity (Wildman–Crippen MR) is 105 cm³/mol. The number of hydrogen-bond donors (Lipinski definition) is 1. The van der Waals surface area contributed by atoms with E-state index in [1.54, 1.807) is 12.1 Å². The molecule has 1 N–H and O–H groups in total. The topological polar surface area (TPSA) is 52.7 Å². The van der Waals surface area contributed by atoms with Gasteiger partial charge in [-0.3, -0.25) is 9.59 Å². The molecule has 2 saturated heterocycles. The lowest BCUT2D eigenvalue weighted by Gasteiger charge is -2.40. The Hall–Kier alpha value is -1.37. The summed E-state index contributed by atoms with van der Waals surface area (Å²) in [6.07, 6.45) is 0. The van der Waals surface area contributed by atoms with Gasteiger partial charge < -0.3 is 15.1 Å². The van der Waals surface area contributed by atoms with Crippen LogP contribution in [-0.2, 0) is 4.79 Å². The average molecular weight is 406 g/mol. The van der Waals surface area contributed by atoms with E-state index in [0.717, 1.165) is 13.1 Å². The molecule has 0 spiro atoms. The molecular weight excluding hydrogens is 380 g/mol. The van der Waals surface area contributed by atoms with Crippen molar-refractivity contribution in [3.05, 3.63) is 29.6 Å². The summed E-state index contributed by atoms with van der Waals surface area (Å²) in [6.45, 7) is 7.70. The van der Waals surface area contributed by atoms with Crippen molar-refractivity contribution in [1.29, 1.82) is 0 Å². The summed E-state index contributed by atoms with van der Waals surface area (Å²) in [5.41, 5.74) is 0.885. The van der Waals surface area contributed by atoms with E-state index in [4.69, 9.17) is 0 Å². The lowest BCUT2D eigenvalue weighted by molar-refractivity contribution is -0.137. The zero-order valence-electron chi connectivity index (χ0n) is 15.0. The van der Waals surface area contributed by atoms with Gasteiger partial charge in [-0.25, -0.2) is 4.39 Å². The Morgan fingerprint density at radius 1 is 1.15 bits per heavy atom. The van der Waals surface area contributed by atoms with Crippen molar-refractivity contribution in [2.24, 2.45) is 11.8 Å². The minimum absolute atomic E-state index is 0. The Morgan fingerprint density at radius 3 is 2.23 bits per heavy atom. The molecule has 8 heteroatoms. The quantitative estimate of drug-likeness (QED) is 0.781. The molecule has 2 heterocycles. The van der Waals surface area contributed by atoms with Gasteiger partial charge in [-0.15, -0.1) is 24.8 Å². The van der Waals surface area contributed by atoms with E-state index in [0.29, 0.717) is 43.3 Å². The maximum absolute atomic E-state index is 14.3. The Bertz CT molecular complexity index is 647. The van der Waals surface area contributed by atoms with Crippen LogP contribution in [0.15, 0.2) is 18.2 Å². The molecule has 26 heavy (non-hydrogen) atoms. The van der Waals surface area contributed by atoms with Gasteiger partial charge in [0.15, 0.2) is 5.78 Å². The van der Waals surface area contributed by atoms with E-state index in [9.17, 15) is 14.0 Å². The van der Waals surface area contributed by atoms with E-state index < -0.39 is 0 Å². The molecular formula is C18H26Cl2FN3O2. The van der Waals surface area contributed by atoms with Gasteiger partial charge in [-0.05, 0) is 44.1 Å². The second kappa shape index (κ2) is 9.53. The second-order valence-electron chi connectivity index (χ2n) is 6.74. The van der Waals surface area contributed by atoms with Crippen LogP contribution < -0.4 is 10.2 Å². The number of halogens is 3. The van der Waals surface area contributed by atoms with Crippen LogP contribution in [0, 0.1) is 17.7 Å². The fourth-order valence-corrected chi connectivity index (χ4v) is 3.30. The molecule has 2 aliphatic heterocycles. The van der Waals surface area contributed by atoms with Crippen LogP contribution in [0.5, 0.6) is 0 Å². The van der Waals surface area contributed by atoms with Gasteiger partial charge >= 0.3 is 0 Å². The van der Waals surface area contributed by atoms with E-state index in [2.05, 4.69) is 5.32 Å². The normalized spacial score (nSPS) is 18.3. The summed E-state index contributed by atoms with van der Waals surface area (Å²) in [5, 5.41) is 3.20. The van der Waals surface area contributed by atoms with Gasteiger partial charge in [0.25, 0.3) is 0 Å². The van der Waals surface area contributed by atoms with Gasteiger partial charge in [0.2, 0.25) is 5.91 Å². The van der Waals surface area contributed by atoms with E-state index >= 15 is 0 Å². The molecule has 3 rings (SSSR count). The van der Waals surface area contributed by atoms with Crippen LogP contribution >= 0.6 is 24.8 Å². The van der Waals surface area contributed by atoms with Crippen molar-refractivity contribution in [2.75, 3.05) is 44.2 Å². The number of carbonyl (C=O) groups excluding carboxylic acids is 2. The van der Waals surface area contributed by atoms with Crippen molar-refractivity contribution < 1.29 is 14.0 Å². The van der Waals surface area contributed by atoms with Crippen LogP contribution in [-0.4, -0.2) is 55.9 Å². The van der Waals surface area contributed by atoms with Gasteiger partial charge in [0.05, 0.1) is 5.69 Å². The number of rotatable bonds is 4. The van der Waals surface area contributed by atoms with Crippen molar-refractivity contribution in [2.45, 2.75) is 13.8 Å². The third kappa shape index (κ3) is 4.67. The molecule has 2 aliphatic rings. The first kappa shape index (κ1) is 22.7. The lowest BCUT2D eigenvalue weighted by atomic mass is 9.88. The molecule has 0 bridgehead atoms. The minimum atomic E-state index is -0.378. The zero-order chi connectivity index (χ0) is 17.3. The number of Topliss-reactive ketones (excluding diaryl/α,β-unsaturated/α-hetero) is 1. The summed E-state index contributed by atoms with van der Waals surface area (Å²) >= 11 is 0. The molecule has 146 valence electrons. The predicted octanol–water partition coefficient (Wildman–Crippen LogP) is 2.38. The van der Waals surface area contributed by atoms with Crippen molar-refractivity contribution in [3.8, 4) is 0 Å². The fraction of sp³-hybridized carbons (Fsp3) is 0.556. The van der Waals surface area contributed by atoms with Crippen LogP contribution in [0.3, 0.4) is 0 Å². The highest BCUT2D eigenvalue weighted by atomic mass is 35.5. The minimum Gasteiger partial charge on any atom is -0.366 e. The molecule has 0 radical (unpaired) electrons. The van der Waals surface area contributed by atoms with Gasteiger partial charge in [-0.1, -0.05) is 6.92 Å². The van der Waals surface area contributed by atoms with Crippen LogP contribution in [0.1, 0.15) is 24.2 Å². The molecule has 0 aliphatic carbocycles. The third-order valence-corrected chi connectivity index (χ3v) is 5.20. The first-order valence-electron chi connectivity index (χ1n) is 8.52. The monoisotopic (exact) mass is 405 g/mol. The first-order valence-corrected chi connectivity index (χ1v) is 8.52. The highest BCUT2D eigenvalue weighted by Crippen LogP contribution is 2.24. The number of piperazine rings is 1. The van der Waals surface area contributed by atoms with Gasteiger partial charge in [-0.2, -0.15) is 0 Å². The van der Waals surface area contributed by atoms with Crippen LogP contribution in [0.4, 0.5) is 10.1 Å². The third-order valence-electron chi connectivity index (χ3n) is 5.20. The average Bonchev–Trinajstić information content (AvgIpc) is 2.52. The summed E-state index contributed by atoms with van der Waals surface area (Å²) in [5.74, 6) is 0.164. The maximum Gasteiger partial charge on any atom is 0.225 e. The number of nitrogens with zero attached hydrogens (tertiary/aromatic N) is 2. The molecule has 5 nitrogen and oxygen atoms in total. The smallest absolute Gasteiger partial charge is 0.225 e. The van der Waals surface area contributed by atoms with Crippen LogP contribution in [0.25, 0.3) is 0 Å². The molecule has 1 atom stereocenters. The number of ketones is 1. The molecule has 2 fully saturated rings. The van der Waals surface area contributed by atoms with Crippen molar-refractivity contribution >= 4 is 42.2 Å². The largest absolute Gasteiger partial charge is 0.366 e. The number of amides is 1.